The van der Waals surface area contributed by atoms with Crippen LogP contribution in [0, 0.1) is 47.2 Å². The zero-order valence-electron chi connectivity index (χ0n) is 24.7. The second-order valence-corrected chi connectivity index (χ2v) is 12.3. The van der Waals surface area contributed by atoms with Crippen LogP contribution >= 0.6 is 0 Å². The van der Waals surface area contributed by atoms with Gasteiger partial charge in [0.25, 0.3) is 6.47 Å². The number of esters is 1. The van der Waals surface area contributed by atoms with Crippen molar-refractivity contribution in [1.82, 2.24) is 0 Å². The standard InChI is InChI=1S/C32H41FO2.C3H6O2/c1-4-7-22-13-15-28-25(17-22)19-30-31(21(3)35-32(30)34)29(28)11-5-8-23-12-14-27(20(2)16-23)24-9-6-10-26(33)18-24;1-2-5-3-4/h5-6,8-10,12,14,18,20-22,25,28-31H,4,7,11,13,15-17,19H2,1-3H3;3H,2H2,1H3/b8-5+;/t20?,21-,22-,25+,28+,29+,30-,31+;/m0./s1. The third kappa shape index (κ3) is 7.14. The minimum Gasteiger partial charge on any atom is -0.468 e. The highest BCUT2D eigenvalue weighted by Crippen LogP contribution is 2.55. The molecule has 218 valence electrons. The number of halogens is 1. The summed E-state index contributed by atoms with van der Waals surface area (Å²) in [5, 5.41) is 0. The topological polar surface area (TPSA) is 52.6 Å². The van der Waals surface area contributed by atoms with Crippen LogP contribution in [0.1, 0.15) is 84.6 Å². The average Bonchev–Trinajstić information content (AvgIpc) is 3.22. The molecule has 1 saturated heterocycles. The molecule has 1 unspecified atom stereocenters. The molecular formula is C35H47FO4. The Bertz CT molecular complexity index is 1100. The predicted molar refractivity (Wildman–Crippen MR) is 158 cm³/mol. The number of cyclic esters (lactones) is 1. The van der Waals surface area contributed by atoms with Gasteiger partial charge in [0.2, 0.25) is 0 Å². The van der Waals surface area contributed by atoms with Crippen molar-refractivity contribution in [2.75, 3.05) is 6.61 Å². The molecule has 0 aromatic heterocycles. The molecular weight excluding hydrogens is 503 g/mol. The van der Waals surface area contributed by atoms with Crippen molar-refractivity contribution in [3.63, 3.8) is 0 Å². The van der Waals surface area contributed by atoms with E-state index in [9.17, 15) is 14.0 Å². The Hall–Kier alpha value is -2.69. The Kier molecular flexibility index (Phi) is 10.8. The van der Waals surface area contributed by atoms with Crippen molar-refractivity contribution in [3.05, 3.63) is 65.5 Å². The van der Waals surface area contributed by atoms with E-state index in [1.165, 1.54) is 49.3 Å². The first-order valence-corrected chi connectivity index (χ1v) is 15.4. The first-order chi connectivity index (χ1) is 19.4. The summed E-state index contributed by atoms with van der Waals surface area (Å²) in [4.78, 5) is 21.9. The van der Waals surface area contributed by atoms with Crippen molar-refractivity contribution in [2.45, 2.75) is 85.2 Å². The quantitative estimate of drug-likeness (QED) is 0.241. The lowest BCUT2D eigenvalue weighted by molar-refractivity contribution is -0.144. The Morgan fingerprint density at radius 3 is 2.62 bits per heavy atom. The summed E-state index contributed by atoms with van der Waals surface area (Å²) in [7, 11) is 0. The molecule has 0 amide bonds. The molecule has 5 rings (SSSR count). The number of hydrogen-bond donors (Lipinski definition) is 0. The third-order valence-electron chi connectivity index (χ3n) is 9.74. The molecule has 1 aliphatic heterocycles. The summed E-state index contributed by atoms with van der Waals surface area (Å²) >= 11 is 0. The molecule has 3 fully saturated rings. The van der Waals surface area contributed by atoms with E-state index in [0.717, 1.165) is 36.7 Å². The van der Waals surface area contributed by atoms with E-state index in [0.29, 0.717) is 36.8 Å². The summed E-state index contributed by atoms with van der Waals surface area (Å²) in [6, 6.07) is 6.92. The Morgan fingerprint density at radius 2 is 1.95 bits per heavy atom. The fourth-order valence-electron chi connectivity index (χ4n) is 8.08. The molecule has 4 nitrogen and oxygen atoms in total. The highest BCUT2D eigenvalue weighted by atomic mass is 19.1. The first-order valence-electron chi connectivity index (χ1n) is 15.4. The Labute approximate surface area is 240 Å². The molecule has 0 bridgehead atoms. The monoisotopic (exact) mass is 550 g/mol. The molecule has 0 spiro atoms. The van der Waals surface area contributed by atoms with Crippen molar-refractivity contribution >= 4 is 18.0 Å². The van der Waals surface area contributed by atoms with E-state index in [1.807, 2.05) is 6.07 Å². The fraction of sp³-hybridized carbons (Fsp3) is 0.600. The number of ether oxygens (including phenoxy) is 2. The van der Waals surface area contributed by atoms with E-state index < -0.39 is 0 Å². The van der Waals surface area contributed by atoms with Gasteiger partial charge in [0.05, 0.1) is 12.5 Å². The molecule has 0 N–H and O–H groups in total. The molecule has 2 saturated carbocycles. The normalized spacial score (nSPS) is 33.1. The van der Waals surface area contributed by atoms with Crippen molar-refractivity contribution in [3.8, 4) is 0 Å². The Balaban J connectivity index is 0.000000681. The second-order valence-electron chi connectivity index (χ2n) is 12.3. The van der Waals surface area contributed by atoms with Crippen LogP contribution in [0.25, 0.3) is 5.57 Å². The summed E-state index contributed by atoms with van der Waals surface area (Å²) < 4.78 is 23.6. The zero-order chi connectivity index (χ0) is 28.6. The van der Waals surface area contributed by atoms with E-state index >= 15 is 0 Å². The van der Waals surface area contributed by atoms with E-state index in [2.05, 4.69) is 49.8 Å². The van der Waals surface area contributed by atoms with Gasteiger partial charge >= 0.3 is 5.97 Å². The van der Waals surface area contributed by atoms with Crippen LogP contribution in [0.2, 0.25) is 0 Å². The number of carbonyl (C=O) groups excluding carboxylic acids is 2. The van der Waals surface area contributed by atoms with Crippen LogP contribution in [0.15, 0.2) is 54.1 Å². The highest BCUT2D eigenvalue weighted by molar-refractivity contribution is 5.75. The molecule has 8 atom stereocenters. The van der Waals surface area contributed by atoms with Gasteiger partial charge in [0, 0.05) is 5.92 Å². The van der Waals surface area contributed by atoms with Crippen LogP contribution in [0.3, 0.4) is 0 Å². The third-order valence-corrected chi connectivity index (χ3v) is 9.74. The summed E-state index contributed by atoms with van der Waals surface area (Å²) in [6.07, 6.45) is 18.7. The zero-order valence-corrected chi connectivity index (χ0v) is 24.7. The number of benzene rings is 1. The summed E-state index contributed by atoms with van der Waals surface area (Å²) in [5.74, 6) is 3.52. The molecule has 3 aliphatic carbocycles. The van der Waals surface area contributed by atoms with Gasteiger partial charge in [0.15, 0.2) is 0 Å². The van der Waals surface area contributed by atoms with Crippen molar-refractivity contribution in [1.29, 1.82) is 0 Å². The lowest BCUT2D eigenvalue weighted by atomic mass is 9.55. The Morgan fingerprint density at radius 1 is 1.12 bits per heavy atom. The molecule has 1 heterocycles. The molecule has 1 aromatic carbocycles. The van der Waals surface area contributed by atoms with Crippen molar-refractivity contribution in [2.24, 2.45) is 41.4 Å². The molecule has 40 heavy (non-hydrogen) atoms. The average molecular weight is 551 g/mol. The van der Waals surface area contributed by atoms with Gasteiger partial charge in [-0.05, 0) is 104 Å². The smallest absolute Gasteiger partial charge is 0.309 e. The molecule has 0 radical (unpaired) electrons. The van der Waals surface area contributed by atoms with Crippen LogP contribution < -0.4 is 0 Å². The van der Waals surface area contributed by atoms with E-state index in [1.54, 1.807) is 19.1 Å². The maximum absolute atomic E-state index is 13.7. The van der Waals surface area contributed by atoms with E-state index in [4.69, 9.17) is 4.74 Å². The van der Waals surface area contributed by atoms with Crippen LogP contribution in [-0.2, 0) is 19.1 Å². The number of fused-ring (bicyclic) bond motifs is 2. The highest BCUT2D eigenvalue weighted by Gasteiger charge is 2.54. The summed E-state index contributed by atoms with van der Waals surface area (Å²) in [5.41, 5.74) is 3.52. The molecule has 4 aliphatic rings. The minimum atomic E-state index is -0.179. The largest absolute Gasteiger partial charge is 0.468 e. The van der Waals surface area contributed by atoms with Crippen molar-refractivity contribution < 1.29 is 23.5 Å². The minimum absolute atomic E-state index is 0.0471. The second kappa shape index (κ2) is 14.3. The molecule has 5 heteroatoms. The van der Waals surface area contributed by atoms with Gasteiger partial charge in [-0.15, -0.1) is 0 Å². The number of rotatable bonds is 8. The van der Waals surface area contributed by atoms with Crippen LogP contribution in [-0.4, -0.2) is 25.2 Å². The van der Waals surface area contributed by atoms with Gasteiger partial charge < -0.3 is 9.47 Å². The SMILES string of the molecule is CCC[C@H]1CC[C@@H]2[C@H](C1)C[C@@H]1C(=O)O[C@@H](C)[C@@H]1[C@@H]2C/C=C/C1=CC=C(c2cccc(F)c2)C(C)C1.CCOC=O. The lowest BCUT2D eigenvalue weighted by Crippen LogP contribution is -2.44. The maximum atomic E-state index is 13.7. The van der Waals surface area contributed by atoms with Gasteiger partial charge in [-0.25, -0.2) is 4.39 Å². The van der Waals surface area contributed by atoms with Gasteiger partial charge in [-0.1, -0.05) is 69.5 Å². The number of hydrogen-bond acceptors (Lipinski definition) is 4. The first kappa shape index (κ1) is 30.3. The van der Waals surface area contributed by atoms with Gasteiger partial charge in [-0.3, -0.25) is 9.59 Å². The lowest BCUT2D eigenvalue weighted by Gasteiger charge is -2.48. The number of carbonyl (C=O) groups is 2. The molecule has 1 aromatic rings. The number of allylic oxidation sites excluding steroid dienone is 6. The predicted octanol–water partition coefficient (Wildman–Crippen LogP) is 8.33. The van der Waals surface area contributed by atoms with Crippen LogP contribution in [0.4, 0.5) is 4.39 Å². The van der Waals surface area contributed by atoms with Crippen LogP contribution in [0.5, 0.6) is 0 Å². The van der Waals surface area contributed by atoms with Gasteiger partial charge in [-0.2, -0.15) is 0 Å². The fourth-order valence-corrected chi connectivity index (χ4v) is 8.08. The summed E-state index contributed by atoms with van der Waals surface area (Å²) in [6.45, 7) is 9.31. The maximum Gasteiger partial charge on any atom is 0.309 e. The van der Waals surface area contributed by atoms with E-state index in [-0.39, 0.29) is 23.8 Å². The van der Waals surface area contributed by atoms with Gasteiger partial charge in [0.1, 0.15) is 11.9 Å².